The van der Waals surface area contributed by atoms with Gasteiger partial charge in [0.05, 0.1) is 38.6 Å². The van der Waals surface area contributed by atoms with Crippen LogP contribution in [0.3, 0.4) is 0 Å². The van der Waals surface area contributed by atoms with Gasteiger partial charge in [-0.3, -0.25) is 18.7 Å². The predicted octanol–water partition coefficient (Wildman–Crippen LogP) is 6.18. The van der Waals surface area contributed by atoms with Crippen LogP contribution in [0.2, 0.25) is 10.3 Å². The highest BCUT2D eigenvalue weighted by Gasteiger charge is 2.10. The first kappa shape index (κ1) is 31.5. The summed E-state index contributed by atoms with van der Waals surface area (Å²) in [6, 6.07) is 20.6. The van der Waals surface area contributed by atoms with Crippen molar-refractivity contribution in [2.45, 2.75) is 33.6 Å². The molecule has 8 rings (SSSR count). The largest absolute Gasteiger partial charge is 0.268 e. The van der Waals surface area contributed by atoms with Crippen LogP contribution in [0.15, 0.2) is 110 Å². The van der Waals surface area contributed by atoms with Crippen molar-refractivity contribution in [2.24, 2.45) is 0 Å². The summed E-state index contributed by atoms with van der Waals surface area (Å²) in [4.78, 5) is 16.3. The molecular weight excluding hydrogens is 635 g/mol. The first-order valence-electron chi connectivity index (χ1n) is 14.3. The van der Waals surface area contributed by atoms with E-state index in [-0.39, 0.29) is 7.43 Å². The van der Waals surface area contributed by atoms with Gasteiger partial charge in [-0.2, -0.15) is 20.4 Å². The molecule has 0 spiro atoms. The van der Waals surface area contributed by atoms with Crippen molar-refractivity contribution in [3.63, 3.8) is 0 Å². The molecule has 6 heterocycles. The molecule has 14 heteroatoms. The van der Waals surface area contributed by atoms with E-state index in [1.54, 1.807) is 18.6 Å². The van der Waals surface area contributed by atoms with Gasteiger partial charge in [0.2, 0.25) is 0 Å². The van der Waals surface area contributed by atoms with Crippen LogP contribution in [0.5, 0.6) is 0 Å². The van der Waals surface area contributed by atoms with Crippen LogP contribution in [0.25, 0.3) is 22.1 Å². The fourth-order valence-corrected chi connectivity index (χ4v) is 5.38. The van der Waals surface area contributed by atoms with Gasteiger partial charge < -0.3 is 0 Å². The van der Waals surface area contributed by atoms with E-state index in [1.807, 2.05) is 49.5 Å². The summed E-state index contributed by atoms with van der Waals surface area (Å²) < 4.78 is 7.44. The fourth-order valence-electron chi connectivity index (χ4n) is 4.96. The molecule has 0 radical (unpaired) electrons. The number of aromatic nitrogens is 12. The Morgan fingerprint density at radius 1 is 0.553 bits per heavy atom. The van der Waals surface area contributed by atoms with Gasteiger partial charge in [0.25, 0.3) is 0 Å². The van der Waals surface area contributed by atoms with E-state index in [0.717, 1.165) is 40.8 Å². The summed E-state index contributed by atoms with van der Waals surface area (Å²) in [5, 5.41) is 18.0. The number of hydrogen-bond acceptors (Lipinski definition) is 8. The molecule has 8 aromatic rings. The zero-order valence-electron chi connectivity index (χ0n) is 24.3. The first-order chi connectivity index (χ1) is 22.6. The second kappa shape index (κ2) is 14.3. The minimum atomic E-state index is 0. The van der Waals surface area contributed by atoms with Gasteiger partial charge in [0.1, 0.15) is 34.7 Å². The van der Waals surface area contributed by atoms with Crippen molar-refractivity contribution in [1.82, 2.24) is 59.1 Å². The van der Waals surface area contributed by atoms with Crippen LogP contribution in [0.1, 0.15) is 29.7 Å². The maximum atomic E-state index is 6.15. The predicted molar refractivity (Wildman–Crippen MR) is 181 cm³/mol. The SMILES string of the molecule is C.Clc1ncnc2cn(Cc3ccc(Cn4cccn4)cc3)nc12.Clc1ncnc2cnn(Cc3ccc(Cn4cccn4)cc3)c12. The Bertz CT molecular complexity index is 2160. The van der Waals surface area contributed by atoms with Gasteiger partial charge in [-0.05, 0) is 34.4 Å². The first-order valence-corrected chi connectivity index (χ1v) is 15.1. The molecule has 12 nitrogen and oxygen atoms in total. The number of rotatable bonds is 8. The molecule has 0 amide bonds. The number of nitrogens with zero attached hydrogens (tertiary/aromatic N) is 12. The minimum Gasteiger partial charge on any atom is -0.268 e. The van der Waals surface area contributed by atoms with Gasteiger partial charge in [0.15, 0.2) is 10.3 Å². The highest BCUT2D eigenvalue weighted by molar-refractivity contribution is 6.33. The fraction of sp³-hybridized carbons (Fsp3) is 0.152. The van der Waals surface area contributed by atoms with Crippen LogP contribution in [0, 0.1) is 0 Å². The number of benzene rings is 2. The molecule has 0 saturated heterocycles. The lowest BCUT2D eigenvalue weighted by atomic mass is 10.1. The molecule has 0 atom stereocenters. The maximum absolute atomic E-state index is 6.15. The zero-order chi connectivity index (χ0) is 31.3. The summed E-state index contributed by atoms with van der Waals surface area (Å²) >= 11 is 12.2. The van der Waals surface area contributed by atoms with E-state index in [2.05, 4.69) is 88.9 Å². The van der Waals surface area contributed by atoms with Crippen molar-refractivity contribution < 1.29 is 0 Å². The van der Waals surface area contributed by atoms with Crippen LogP contribution in [-0.2, 0) is 26.2 Å². The molecule has 0 bridgehead atoms. The summed E-state index contributed by atoms with van der Waals surface area (Å²) in [7, 11) is 0. The Balaban J connectivity index is 0.000000161. The van der Waals surface area contributed by atoms with Crippen LogP contribution < -0.4 is 0 Å². The van der Waals surface area contributed by atoms with E-state index in [1.165, 1.54) is 23.8 Å². The van der Waals surface area contributed by atoms with Crippen molar-refractivity contribution in [1.29, 1.82) is 0 Å². The van der Waals surface area contributed by atoms with E-state index in [4.69, 9.17) is 23.2 Å². The Hall–Kier alpha value is -5.46. The van der Waals surface area contributed by atoms with E-state index < -0.39 is 0 Å². The average molecular weight is 666 g/mol. The molecule has 0 unspecified atom stereocenters. The Morgan fingerprint density at radius 2 is 1.06 bits per heavy atom. The van der Waals surface area contributed by atoms with Gasteiger partial charge >= 0.3 is 0 Å². The smallest absolute Gasteiger partial charge is 0.160 e. The van der Waals surface area contributed by atoms with E-state index in [9.17, 15) is 0 Å². The second-order valence-corrected chi connectivity index (χ2v) is 11.2. The lowest BCUT2D eigenvalue weighted by Crippen LogP contribution is -2.03. The normalized spacial score (nSPS) is 10.9. The molecule has 0 fully saturated rings. The monoisotopic (exact) mass is 664 g/mol. The molecule has 0 saturated carbocycles. The van der Waals surface area contributed by atoms with Gasteiger partial charge in [0, 0.05) is 24.8 Å². The topological polar surface area (TPSA) is 123 Å². The Morgan fingerprint density at radius 3 is 1.60 bits per heavy atom. The molecule has 0 aliphatic heterocycles. The Labute approximate surface area is 280 Å². The number of fused-ring (bicyclic) bond motifs is 2. The number of halogens is 2. The standard InChI is InChI=1S/2C16H13ClN6.CH4/c17-16-15-14(18-11-19-16)8-21-23(15)10-13-4-2-12(3-5-13)9-22-7-1-6-20-22;17-16-15-14(18-11-19-16)10-23(21-15)9-13-4-2-12(3-5-13)8-22-7-1-6-20-22;/h1-8,11H,9-10H2;1-7,10-11H,8-9H2;1H4. The molecule has 236 valence electrons. The van der Waals surface area contributed by atoms with Crippen molar-refractivity contribution in [3.8, 4) is 0 Å². The number of hydrogen-bond donors (Lipinski definition) is 0. The van der Waals surface area contributed by atoms with Gasteiger partial charge in [-0.25, -0.2) is 19.9 Å². The third-order valence-electron chi connectivity index (χ3n) is 7.22. The van der Waals surface area contributed by atoms with Crippen LogP contribution >= 0.6 is 23.2 Å². The average Bonchev–Trinajstić information content (AvgIpc) is 3.89. The lowest BCUT2D eigenvalue weighted by molar-refractivity contribution is 0.682. The second-order valence-electron chi connectivity index (χ2n) is 10.5. The molecule has 6 aromatic heterocycles. The van der Waals surface area contributed by atoms with Crippen LogP contribution in [0.4, 0.5) is 0 Å². The van der Waals surface area contributed by atoms with E-state index >= 15 is 0 Å². The van der Waals surface area contributed by atoms with Crippen molar-refractivity contribution >= 4 is 45.3 Å². The molecule has 0 N–H and O–H groups in total. The van der Waals surface area contributed by atoms with Crippen molar-refractivity contribution in [2.75, 3.05) is 0 Å². The van der Waals surface area contributed by atoms with Crippen LogP contribution in [-0.4, -0.2) is 59.1 Å². The molecular formula is C33H30Cl2N12. The van der Waals surface area contributed by atoms with Gasteiger partial charge in [-0.15, -0.1) is 0 Å². The molecule has 0 aliphatic carbocycles. The highest BCUT2D eigenvalue weighted by atomic mass is 35.5. The zero-order valence-corrected chi connectivity index (χ0v) is 25.9. The van der Waals surface area contributed by atoms with Gasteiger partial charge in [-0.1, -0.05) is 79.2 Å². The summed E-state index contributed by atoms with van der Waals surface area (Å²) in [5.74, 6) is 0. The lowest BCUT2D eigenvalue weighted by Gasteiger charge is -2.06. The Kier molecular flexibility index (Phi) is 9.60. The molecule has 0 aliphatic rings. The maximum Gasteiger partial charge on any atom is 0.160 e. The summed E-state index contributed by atoms with van der Waals surface area (Å²) in [6.07, 6.45) is 13.9. The molecule has 47 heavy (non-hydrogen) atoms. The van der Waals surface area contributed by atoms with Crippen molar-refractivity contribution in [3.05, 3.63) is 143 Å². The third-order valence-corrected chi connectivity index (χ3v) is 7.77. The summed E-state index contributed by atoms with van der Waals surface area (Å²) in [6.45, 7) is 2.81. The molecule has 2 aromatic carbocycles. The quantitative estimate of drug-likeness (QED) is 0.176. The van der Waals surface area contributed by atoms with E-state index in [0.29, 0.717) is 28.9 Å². The highest BCUT2D eigenvalue weighted by Crippen LogP contribution is 2.20. The third kappa shape index (κ3) is 7.51. The minimum absolute atomic E-state index is 0. The summed E-state index contributed by atoms with van der Waals surface area (Å²) in [5.41, 5.74) is 7.59.